The zero-order chi connectivity index (χ0) is 13.8. The van der Waals surface area contributed by atoms with E-state index in [-0.39, 0.29) is 11.5 Å². The topological polar surface area (TPSA) is 45.9 Å². The number of hydrogen-bond donors (Lipinski definition) is 0. The van der Waals surface area contributed by atoms with E-state index in [1.807, 2.05) is 18.2 Å². The molecule has 0 saturated carbocycles. The van der Waals surface area contributed by atoms with Crippen LogP contribution in [-0.2, 0) is 10.8 Å². The highest BCUT2D eigenvalue weighted by atomic mass is 28.3. The average Bonchev–Trinajstić information content (AvgIpc) is 2.25. The Labute approximate surface area is 112 Å². The van der Waals surface area contributed by atoms with E-state index in [9.17, 15) is 0 Å². The van der Waals surface area contributed by atoms with E-state index in [0.29, 0.717) is 6.42 Å². The number of hydrogen-bond acceptors (Lipinski definition) is 3. The van der Waals surface area contributed by atoms with Gasteiger partial charge in [-0.05, 0) is 30.6 Å². The summed E-state index contributed by atoms with van der Waals surface area (Å²) < 4.78 is 6.09. The summed E-state index contributed by atoms with van der Waals surface area (Å²) in [7, 11) is -0.793. The van der Waals surface area contributed by atoms with Crippen LogP contribution in [0.2, 0.25) is 13.1 Å². The van der Waals surface area contributed by atoms with Crippen LogP contribution in [0.4, 0.5) is 0 Å². The zero-order valence-electron chi connectivity index (χ0n) is 11.8. The van der Waals surface area contributed by atoms with Crippen molar-refractivity contribution in [2.45, 2.75) is 46.4 Å². The molecule has 1 aromatic heterocycles. The van der Waals surface area contributed by atoms with Crippen molar-refractivity contribution in [3.63, 3.8) is 0 Å². The van der Waals surface area contributed by atoms with Gasteiger partial charge in [0.25, 0.3) is 0 Å². The van der Waals surface area contributed by atoms with Crippen LogP contribution in [0, 0.1) is 16.7 Å². The van der Waals surface area contributed by atoms with Crippen LogP contribution >= 0.6 is 0 Å². The second-order valence-corrected chi connectivity index (χ2v) is 7.71. The molecule has 0 aliphatic heterocycles. The molecule has 1 rings (SSSR count). The van der Waals surface area contributed by atoms with Crippen LogP contribution in [0.5, 0.6) is 0 Å². The lowest BCUT2D eigenvalue weighted by atomic mass is 9.87. The largest absolute Gasteiger partial charge is 0.408 e. The first-order valence-corrected chi connectivity index (χ1v) is 8.55. The Balaban J connectivity index is 3.05. The molecule has 0 N–H and O–H groups in total. The van der Waals surface area contributed by atoms with Crippen LogP contribution in [0.15, 0.2) is 18.2 Å². The summed E-state index contributed by atoms with van der Waals surface area (Å²) in [6.07, 6.45) is 0.334. The van der Waals surface area contributed by atoms with Gasteiger partial charge >= 0.3 is 0 Å². The van der Waals surface area contributed by atoms with Gasteiger partial charge in [-0.15, -0.1) is 0 Å². The molecular weight excluding hydrogens is 240 g/mol. The molecule has 0 spiro atoms. The summed E-state index contributed by atoms with van der Waals surface area (Å²) in [5, 5.41) is 8.74. The molecule has 1 heterocycles. The molecule has 1 atom stereocenters. The minimum Gasteiger partial charge on any atom is -0.408 e. The van der Waals surface area contributed by atoms with Gasteiger partial charge in [0.2, 0.25) is 9.04 Å². The van der Waals surface area contributed by atoms with Crippen LogP contribution < -0.4 is 0 Å². The minimum atomic E-state index is -0.793. The van der Waals surface area contributed by atoms with Gasteiger partial charge in [-0.2, -0.15) is 5.26 Å². The maximum Gasteiger partial charge on any atom is 0.205 e. The maximum absolute atomic E-state index is 8.74. The highest BCUT2D eigenvalue weighted by molar-refractivity contribution is 6.48. The molecule has 0 saturated heterocycles. The van der Waals surface area contributed by atoms with E-state index in [1.165, 1.54) is 0 Å². The Kier molecular flexibility index (Phi) is 5.06. The Morgan fingerprint density at radius 2 is 2.06 bits per heavy atom. The third-order valence-electron chi connectivity index (χ3n) is 2.50. The van der Waals surface area contributed by atoms with Crippen LogP contribution in [0.3, 0.4) is 0 Å². The molecule has 0 aliphatic carbocycles. The Morgan fingerprint density at radius 3 is 2.56 bits per heavy atom. The van der Waals surface area contributed by atoms with Crippen molar-refractivity contribution in [1.29, 1.82) is 5.26 Å². The molecule has 18 heavy (non-hydrogen) atoms. The molecule has 4 heteroatoms. The molecule has 0 fully saturated rings. The number of pyridine rings is 1. The second-order valence-electron chi connectivity index (χ2n) is 5.66. The third kappa shape index (κ3) is 4.24. The molecule has 1 aromatic rings. The lowest BCUT2D eigenvalue weighted by Crippen LogP contribution is -2.26. The van der Waals surface area contributed by atoms with E-state index >= 15 is 0 Å². The summed E-state index contributed by atoms with van der Waals surface area (Å²) >= 11 is 0. The Morgan fingerprint density at radius 1 is 1.39 bits per heavy atom. The van der Waals surface area contributed by atoms with Gasteiger partial charge in [0, 0.05) is 0 Å². The van der Waals surface area contributed by atoms with E-state index in [4.69, 9.17) is 9.69 Å². The lowest BCUT2D eigenvalue weighted by molar-refractivity contribution is 0.0826. The summed E-state index contributed by atoms with van der Waals surface area (Å²) in [4.78, 5) is 4.55. The molecule has 0 amide bonds. The highest BCUT2D eigenvalue weighted by Crippen LogP contribution is 2.35. The third-order valence-corrected chi connectivity index (χ3v) is 3.20. The maximum atomic E-state index is 8.74. The molecule has 3 nitrogen and oxygen atoms in total. The van der Waals surface area contributed by atoms with E-state index < -0.39 is 9.04 Å². The first-order chi connectivity index (χ1) is 8.34. The molecule has 0 aromatic carbocycles. The van der Waals surface area contributed by atoms with Gasteiger partial charge in [-0.25, -0.2) is 0 Å². The molecule has 0 bridgehead atoms. The van der Waals surface area contributed by atoms with Crippen molar-refractivity contribution in [2.24, 2.45) is 5.41 Å². The Bertz CT molecular complexity index is 432. The lowest BCUT2D eigenvalue weighted by Gasteiger charge is -2.32. The molecule has 97 valence electrons. The number of rotatable bonds is 4. The molecular formula is C14H21N2OSi. The smallest absolute Gasteiger partial charge is 0.205 e. The van der Waals surface area contributed by atoms with Gasteiger partial charge in [0.15, 0.2) is 0 Å². The number of nitrogens with zero attached hydrogens (tertiary/aromatic N) is 2. The van der Waals surface area contributed by atoms with Gasteiger partial charge in [0.1, 0.15) is 0 Å². The number of aromatic nitrogens is 1. The van der Waals surface area contributed by atoms with Crippen LogP contribution in [0.25, 0.3) is 0 Å². The molecule has 0 aliphatic rings. The standard InChI is InChI=1S/C14H21N2OSi/c1-14(2,3)13(17-18(4)5)12-8-6-7-11(16-12)9-10-15/h6-8,13H,9H2,1-5H3. The average molecular weight is 261 g/mol. The predicted molar refractivity (Wildman–Crippen MR) is 74.3 cm³/mol. The fourth-order valence-electron chi connectivity index (χ4n) is 1.74. The summed E-state index contributed by atoms with van der Waals surface area (Å²) in [5.74, 6) is 0. The predicted octanol–water partition coefficient (Wildman–Crippen LogP) is 3.50. The first kappa shape index (κ1) is 14.9. The van der Waals surface area contributed by atoms with E-state index in [2.05, 4.69) is 44.9 Å². The minimum absolute atomic E-state index is 0.000202. The van der Waals surface area contributed by atoms with Gasteiger partial charge < -0.3 is 4.43 Å². The van der Waals surface area contributed by atoms with Crippen molar-refractivity contribution in [2.75, 3.05) is 0 Å². The van der Waals surface area contributed by atoms with E-state index in [0.717, 1.165) is 11.4 Å². The summed E-state index contributed by atoms with van der Waals surface area (Å²) in [5.41, 5.74) is 1.75. The van der Waals surface area contributed by atoms with Crippen LogP contribution in [-0.4, -0.2) is 14.0 Å². The van der Waals surface area contributed by atoms with Gasteiger partial charge in [-0.1, -0.05) is 26.8 Å². The Hall–Kier alpha value is -1.18. The van der Waals surface area contributed by atoms with Crippen molar-refractivity contribution in [3.05, 3.63) is 29.6 Å². The van der Waals surface area contributed by atoms with Gasteiger partial charge in [0.05, 0.1) is 30.0 Å². The monoisotopic (exact) mass is 261 g/mol. The van der Waals surface area contributed by atoms with Crippen molar-refractivity contribution in [3.8, 4) is 6.07 Å². The number of nitriles is 1. The fraction of sp³-hybridized carbons (Fsp3) is 0.571. The zero-order valence-corrected chi connectivity index (χ0v) is 12.8. The SMILES string of the molecule is C[Si](C)OC(c1cccc(CC#N)n1)C(C)(C)C. The van der Waals surface area contributed by atoms with E-state index in [1.54, 1.807) is 0 Å². The first-order valence-electron chi connectivity index (χ1n) is 6.14. The second kappa shape index (κ2) is 6.12. The van der Waals surface area contributed by atoms with Crippen molar-refractivity contribution < 1.29 is 4.43 Å². The molecule has 1 unspecified atom stereocenters. The van der Waals surface area contributed by atoms with Crippen LogP contribution in [0.1, 0.15) is 38.3 Å². The van der Waals surface area contributed by atoms with Crippen molar-refractivity contribution >= 4 is 9.04 Å². The summed E-state index contributed by atoms with van der Waals surface area (Å²) in [6.45, 7) is 10.7. The fourth-order valence-corrected chi connectivity index (χ4v) is 2.69. The molecule has 1 radical (unpaired) electrons. The normalized spacial score (nSPS) is 13.4. The highest BCUT2D eigenvalue weighted by Gasteiger charge is 2.29. The summed E-state index contributed by atoms with van der Waals surface area (Å²) in [6, 6.07) is 7.96. The van der Waals surface area contributed by atoms with Crippen molar-refractivity contribution in [1.82, 2.24) is 4.98 Å². The quantitative estimate of drug-likeness (QED) is 0.779. The van der Waals surface area contributed by atoms with Gasteiger partial charge in [-0.3, -0.25) is 4.98 Å².